The standard InChI is InChI=1S/C15H24N2O/c1-12(16)14-8-3-4-9-15(14)17(2)11-13-7-5-6-10-18-13/h3-4,8-9,12-13H,5-7,10-11,16H2,1-2H3/t12-,13?/m1/s1. The van der Waals surface area contributed by atoms with Gasteiger partial charge in [-0.15, -0.1) is 0 Å². The lowest BCUT2D eigenvalue weighted by Crippen LogP contribution is -2.34. The Morgan fingerprint density at radius 3 is 2.83 bits per heavy atom. The van der Waals surface area contributed by atoms with Crippen molar-refractivity contribution in [2.45, 2.75) is 38.3 Å². The van der Waals surface area contributed by atoms with Gasteiger partial charge in [-0.2, -0.15) is 0 Å². The van der Waals surface area contributed by atoms with Gasteiger partial charge in [-0.05, 0) is 37.8 Å². The van der Waals surface area contributed by atoms with Gasteiger partial charge in [0.25, 0.3) is 0 Å². The van der Waals surface area contributed by atoms with E-state index in [0.717, 1.165) is 13.2 Å². The number of nitrogens with two attached hydrogens (primary N) is 1. The molecule has 3 heteroatoms. The number of rotatable bonds is 4. The molecule has 0 bridgehead atoms. The molecule has 2 rings (SSSR count). The zero-order chi connectivity index (χ0) is 13.0. The quantitative estimate of drug-likeness (QED) is 0.890. The third kappa shape index (κ3) is 3.24. The molecule has 2 N–H and O–H groups in total. The monoisotopic (exact) mass is 248 g/mol. The molecule has 1 fully saturated rings. The van der Waals surface area contributed by atoms with Gasteiger partial charge in [0.15, 0.2) is 0 Å². The van der Waals surface area contributed by atoms with E-state index in [4.69, 9.17) is 10.5 Å². The van der Waals surface area contributed by atoms with Crippen LogP contribution in [0.5, 0.6) is 0 Å². The summed E-state index contributed by atoms with van der Waals surface area (Å²) in [4.78, 5) is 2.27. The zero-order valence-corrected chi connectivity index (χ0v) is 11.4. The highest BCUT2D eigenvalue weighted by Crippen LogP contribution is 2.25. The molecule has 3 nitrogen and oxygen atoms in total. The lowest BCUT2D eigenvalue weighted by atomic mass is 10.0. The fourth-order valence-electron chi connectivity index (χ4n) is 2.58. The Labute approximate surface area is 110 Å². The van der Waals surface area contributed by atoms with Crippen molar-refractivity contribution in [1.82, 2.24) is 0 Å². The maximum Gasteiger partial charge on any atom is 0.0749 e. The van der Waals surface area contributed by atoms with Crippen molar-refractivity contribution in [2.24, 2.45) is 5.73 Å². The molecule has 1 aromatic rings. The summed E-state index contributed by atoms with van der Waals surface area (Å²) in [5.41, 5.74) is 8.46. The molecule has 18 heavy (non-hydrogen) atoms. The summed E-state index contributed by atoms with van der Waals surface area (Å²) < 4.78 is 5.80. The van der Waals surface area contributed by atoms with E-state index in [-0.39, 0.29) is 6.04 Å². The molecule has 0 amide bonds. The second-order valence-corrected chi connectivity index (χ2v) is 5.22. The average molecular weight is 248 g/mol. The summed E-state index contributed by atoms with van der Waals surface area (Å²) in [6.07, 6.45) is 4.03. The molecule has 0 spiro atoms. The molecule has 0 saturated carbocycles. The Hall–Kier alpha value is -1.06. The highest BCUT2D eigenvalue weighted by Gasteiger charge is 2.18. The summed E-state index contributed by atoms with van der Waals surface area (Å²) in [5.74, 6) is 0. The summed E-state index contributed by atoms with van der Waals surface area (Å²) >= 11 is 0. The molecule has 1 aliphatic heterocycles. The van der Waals surface area contributed by atoms with Crippen LogP contribution in [0.2, 0.25) is 0 Å². The van der Waals surface area contributed by atoms with Crippen molar-refractivity contribution < 1.29 is 4.74 Å². The molecular weight excluding hydrogens is 224 g/mol. The van der Waals surface area contributed by atoms with Crippen LogP contribution in [-0.4, -0.2) is 26.3 Å². The number of hydrogen-bond donors (Lipinski definition) is 1. The number of hydrogen-bond acceptors (Lipinski definition) is 3. The van der Waals surface area contributed by atoms with E-state index in [0.29, 0.717) is 6.10 Å². The summed E-state index contributed by atoms with van der Waals surface area (Å²) in [7, 11) is 2.12. The molecular formula is C15H24N2O. The van der Waals surface area contributed by atoms with Crippen molar-refractivity contribution in [1.29, 1.82) is 0 Å². The highest BCUT2D eigenvalue weighted by molar-refractivity contribution is 5.54. The van der Waals surface area contributed by atoms with Crippen LogP contribution in [0, 0.1) is 0 Å². The van der Waals surface area contributed by atoms with Gasteiger partial charge in [-0.3, -0.25) is 0 Å². The topological polar surface area (TPSA) is 38.5 Å². The van der Waals surface area contributed by atoms with E-state index in [1.807, 2.05) is 13.0 Å². The van der Waals surface area contributed by atoms with E-state index in [2.05, 4.69) is 30.1 Å². The number of anilines is 1. The molecule has 0 radical (unpaired) electrons. The first-order valence-electron chi connectivity index (χ1n) is 6.85. The Morgan fingerprint density at radius 2 is 2.17 bits per heavy atom. The molecule has 1 unspecified atom stereocenters. The third-order valence-corrected chi connectivity index (χ3v) is 3.59. The van der Waals surface area contributed by atoms with Crippen LogP contribution in [0.3, 0.4) is 0 Å². The normalized spacial score (nSPS) is 21.6. The summed E-state index contributed by atoms with van der Waals surface area (Å²) in [6, 6.07) is 8.43. The number of likely N-dealkylation sites (N-methyl/N-ethyl adjacent to an activating group) is 1. The van der Waals surface area contributed by atoms with Crippen molar-refractivity contribution in [2.75, 3.05) is 25.1 Å². The van der Waals surface area contributed by atoms with Crippen LogP contribution in [-0.2, 0) is 4.74 Å². The van der Waals surface area contributed by atoms with Crippen LogP contribution < -0.4 is 10.6 Å². The molecule has 1 aromatic carbocycles. The van der Waals surface area contributed by atoms with E-state index in [9.17, 15) is 0 Å². The Kier molecular flexibility index (Phi) is 4.61. The lowest BCUT2D eigenvalue weighted by Gasteiger charge is -2.30. The number of para-hydroxylation sites is 1. The van der Waals surface area contributed by atoms with Gasteiger partial charge in [0, 0.05) is 31.9 Å². The van der Waals surface area contributed by atoms with Gasteiger partial charge < -0.3 is 15.4 Å². The number of benzene rings is 1. The van der Waals surface area contributed by atoms with Gasteiger partial charge in [0.1, 0.15) is 0 Å². The first-order valence-corrected chi connectivity index (χ1v) is 6.85. The molecule has 100 valence electrons. The van der Waals surface area contributed by atoms with Gasteiger partial charge in [0.05, 0.1) is 6.10 Å². The molecule has 0 aliphatic carbocycles. The van der Waals surface area contributed by atoms with E-state index < -0.39 is 0 Å². The summed E-state index contributed by atoms with van der Waals surface area (Å²) in [6.45, 7) is 3.89. The second-order valence-electron chi connectivity index (χ2n) is 5.22. The minimum absolute atomic E-state index is 0.0657. The molecule has 1 aliphatic rings. The van der Waals surface area contributed by atoms with Crippen molar-refractivity contribution >= 4 is 5.69 Å². The first-order chi connectivity index (χ1) is 8.68. The van der Waals surface area contributed by atoms with Crippen molar-refractivity contribution in [3.05, 3.63) is 29.8 Å². The van der Waals surface area contributed by atoms with Crippen LogP contribution in [0.15, 0.2) is 24.3 Å². The maximum atomic E-state index is 6.03. The highest BCUT2D eigenvalue weighted by atomic mass is 16.5. The SMILES string of the molecule is C[C@@H](N)c1ccccc1N(C)CC1CCCCO1. The van der Waals surface area contributed by atoms with E-state index in [1.54, 1.807) is 0 Å². The van der Waals surface area contributed by atoms with Crippen LogP contribution in [0.1, 0.15) is 37.8 Å². The molecule has 1 heterocycles. The predicted molar refractivity (Wildman–Crippen MR) is 75.9 cm³/mol. The van der Waals surface area contributed by atoms with Crippen LogP contribution in [0.4, 0.5) is 5.69 Å². The van der Waals surface area contributed by atoms with Gasteiger partial charge in [-0.1, -0.05) is 18.2 Å². The predicted octanol–water partition coefficient (Wildman–Crippen LogP) is 2.71. The zero-order valence-electron chi connectivity index (χ0n) is 11.4. The number of ether oxygens (including phenoxy) is 1. The fraction of sp³-hybridized carbons (Fsp3) is 0.600. The van der Waals surface area contributed by atoms with Gasteiger partial charge >= 0.3 is 0 Å². The van der Waals surface area contributed by atoms with Crippen LogP contribution >= 0.6 is 0 Å². The Bertz CT molecular complexity index is 373. The second kappa shape index (κ2) is 6.21. The average Bonchev–Trinajstić information content (AvgIpc) is 2.40. The third-order valence-electron chi connectivity index (χ3n) is 3.59. The van der Waals surface area contributed by atoms with E-state index in [1.165, 1.54) is 30.5 Å². The van der Waals surface area contributed by atoms with Gasteiger partial charge in [0.2, 0.25) is 0 Å². The first kappa shape index (κ1) is 13.4. The molecule has 0 aromatic heterocycles. The molecule has 2 atom stereocenters. The van der Waals surface area contributed by atoms with Crippen LogP contribution in [0.25, 0.3) is 0 Å². The van der Waals surface area contributed by atoms with Crippen molar-refractivity contribution in [3.63, 3.8) is 0 Å². The molecule has 1 saturated heterocycles. The minimum Gasteiger partial charge on any atom is -0.376 e. The number of nitrogens with zero attached hydrogens (tertiary/aromatic N) is 1. The Morgan fingerprint density at radius 1 is 1.39 bits per heavy atom. The smallest absolute Gasteiger partial charge is 0.0749 e. The maximum absolute atomic E-state index is 6.03. The largest absolute Gasteiger partial charge is 0.376 e. The minimum atomic E-state index is 0.0657. The van der Waals surface area contributed by atoms with E-state index >= 15 is 0 Å². The fourth-order valence-corrected chi connectivity index (χ4v) is 2.58. The van der Waals surface area contributed by atoms with Gasteiger partial charge in [-0.25, -0.2) is 0 Å². The summed E-state index contributed by atoms with van der Waals surface area (Å²) in [5, 5.41) is 0. The Balaban J connectivity index is 2.05. The van der Waals surface area contributed by atoms with Crippen molar-refractivity contribution in [3.8, 4) is 0 Å². The lowest BCUT2D eigenvalue weighted by molar-refractivity contribution is 0.0216.